The van der Waals surface area contributed by atoms with Gasteiger partial charge in [-0.1, -0.05) is 6.92 Å². The fourth-order valence-corrected chi connectivity index (χ4v) is 1.53. The number of carbonyl (C=O) groups is 1. The molecule has 0 spiro atoms. The van der Waals surface area contributed by atoms with E-state index in [4.69, 9.17) is 10.5 Å². The molecule has 1 unspecified atom stereocenters. The van der Waals surface area contributed by atoms with E-state index in [1.54, 1.807) is 6.92 Å². The van der Waals surface area contributed by atoms with Crippen LogP contribution in [0.1, 0.15) is 13.3 Å². The summed E-state index contributed by atoms with van der Waals surface area (Å²) >= 11 is 0. The van der Waals surface area contributed by atoms with Crippen molar-refractivity contribution in [1.82, 2.24) is 0 Å². The summed E-state index contributed by atoms with van der Waals surface area (Å²) in [6.07, 6.45) is 0.571. The molecule has 7 nitrogen and oxygen atoms in total. The van der Waals surface area contributed by atoms with E-state index in [9.17, 15) is 14.9 Å². The van der Waals surface area contributed by atoms with E-state index in [1.807, 2.05) is 0 Å². The predicted octanol–water partition coefficient (Wildman–Crippen LogP) is 1.53. The zero-order valence-corrected chi connectivity index (χ0v) is 10.9. The van der Waals surface area contributed by atoms with Crippen molar-refractivity contribution in [3.05, 3.63) is 28.3 Å². The van der Waals surface area contributed by atoms with Gasteiger partial charge < -0.3 is 15.8 Å². The van der Waals surface area contributed by atoms with Gasteiger partial charge in [-0.25, -0.2) is 0 Å². The van der Waals surface area contributed by atoms with Crippen LogP contribution < -0.4 is 15.8 Å². The Labute approximate surface area is 110 Å². The summed E-state index contributed by atoms with van der Waals surface area (Å²) in [6.45, 7) is 2.19. The van der Waals surface area contributed by atoms with Crippen LogP contribution in [0.15, 0.2) is 18.2 Å². The molecule has 0 radical (unpaired) electrons. The van der Waals surface area contributed by atoms with Crippen LogP contribution in [0.5, 0.6) is 5.75 Å². The third-order valence-corrected chi connectivity index (χ3v) is 2.70. The molecule has 0 aliphatic heterocycles. The molecule has 0 saturated carbocycles. The number of non-ortho nitro benzene ring substituents is 1. The van der Waals surface area contributed by atoms with Gasteiger partial charge in [0, 0.05) is 12.0 Å². The fourth-order valence-electron chi connectivity index (χ4n) is 1.53. The monoisotopic (exact) mass is 267 g/mol. The maximum absolute atomic E-state index is 11.8. The zero-order chi connectivity index (χ0) is 14.4. The van der Waals surface area contributed by atoms with Crippen LogP contribution in [0.25, 0.3) is 0 Å². The lowest BCUT2D eigenvalue weighted by Crippen LogP contribution is -2.23. The van der Waals surface area contributed by atoms with Crippen LogP contribution in [-0.4, -0.2) is 24.5 Å². The number of rotatable bonds is 6. The number of nitrogens with one attached hydrogen (secondary N) is 1. The Hall–Kier alpha value is -2.15. The van der Waals surface area contributed by atoms with Gasteiger partial charge in [0.15, 0.2) is 0 Å². The second kappa shape index (κ2) is 6.69. The molecule has 3 N–H and O–H groups in total. The number of carbonyl (C=O) groups excluding carboxylic acids is 1. The summed E-state index contributed by atoms with van der Waals surface area (Å²) in [5.74, 6) is -0.176. The molecule has 1 aromatic carbocycles. The van der Waals surface area contributed by atoms with Crippen molar-refractivity contribution in [1.29, 1.82) is 0 Å². The first-order valence-corrected chi connectivity index (χ1v) is 5.83. The first-order valence-electron chi connectivity index (χ1n) is 5.83. The molecule has 0 saturated heterocycles. The Morgan fingerprint density at radius 3 is 2.79 bits per heavy atom. The van der Waals surface area contributed by atoms with Gasteiger partial charge in [-0.05, 0) is 19.0 Å². The first kappa shape index (κ1) is 14.9. The average molecular weight is 267 g/mol. The Bertz CT molecular complexity index is 476. The lowest BCUT2D eigenvalue weighted by Gasteiger charge is -2.13. The minimum atomic E-state index is -0.523. The SMILES string of the molecule is COc1cc([N+](=O)[O-])ccc1NC(=O)C(C)CCN. The molecule has 0 fully saturated rings. The molecule has 0 bridgehead atoms. The summed E-state index contributed by atoms with van der Waals surface area (Å²) in [5, 5.41) is 13.3. The third-order valence-electron chi connectivity index (χ3n) is 2.70. The van der Waals surface area contributed by atoms with Crippen LogP contribution in [0.4, 0.5) is 11.4 Å². The van der Waals surface area contributed by atoms with Gasteiger partial charge in [-0.2, -0.15) is 0 Å². The molecule has 0 heterocycles. The Kier molecular flexibility index (Phi) is 5.25. The second-order valence-corrected chi connectivity index (χ2v) is 4.11. The molecule has 19 heavy (non-hydrogen) atoms. The molecule has 1 atom stereocenters. The Morgan fingerprint density at radius 2 is 2.26 bits per heavy atom. The molecule has 0 aliphatic carbocycles. The Balaban J connectivity index is 2.89. The molecule has 7 heteroatoms. The first-order chi connectivity index (χ1) is 8.99. The van der Waals surface area contributed by atoms with Crippen molar-refractivity contribution in [2.45, 2.75) is 13.3 Å². The lowest BCUT2D eigenvalue weighted by molar-refractivity contribution is -0.384. The van der Waals surface area contributed by atoms with Crippen molar-refractivity contribution < 1.29 is 14.5 Å². The molecule has 1 aromatic rings. The molecule has 0 aliphatic rings. The minimum absolute atomic E-state index is 0.0927. The smallest absolute Gasteiger partial charge is 0.273 e. The van der Waals surface area contributed by atoms with E-state index < -0.39 is 4.92 Å². The number of nitrogens with zero attached hydrogens (tertiary/aromatic N) is 1. The number of anilines is 1. The van der Waals surface area contributed by atoms with Gasteiger partial charge in [-0.15, -0.1) is 0 Å². The number of hydrogen-bond donors (Lipinski definition) is 2. The van der Waals surface area contributed by atoms with E-state index in [0.717, 1.165) is 0 Å². The highest BCUT2D eigenvalue weighted by Gasteiger charge is 2.16. The molecular formula is C12H17N3O4. The van der Waals surface area contributed by atoms with Gasteiger partial charge in [0.25, 0.3) is 5.69 Å². The summed E-state index contributed by atoms with van der Waals surface area (Å²) in [5.41, 5.74) is 5.70. The number of nitrogens with two attached hydrogens (primary N) is 1. The maximum Gasteiger partial charge on any atom is 0.273 e. The number of nitro groups is 1. The highest BCUT2D eigenvalue weighted by Crippen LogP contribution is 2.29. The van der Waals surface area contributed by atoms with Gasteiger partial charge in [0.1, 0.15) is 5.75 Å². The maximum atomic E-state index is 11.8. The number of nitro benzene ring substituents is 1. The quantitative estimate of drug-likeness (QED) is 0.600. The Morgan fingerprint density at radius 1 is 1.58 bits per heavy atom. The van der Waals surface area contributed by atoms with Crippen LogP contribution in [-0.2, 0) is 4.79 Å². The average Bonchev–Trinajstić information content (AvgIpc) is 2.39. The number of hydrogen-bond acceptors (Lipinski definition) is 5. The summed E-state index contributed by atoms with van der Waals surface area (Å²) in [6, 6.07) is 4.03. The lowest BCUT2D eigenvalue weighted by atomic mass is 10.1. The standard InChI is InChI=1S/C12H17N3O4/c1-8(5-6-13)12(16)14-10-4-3-9(15(17)18)7-11(10)19-2/h3-4,7-8H,5-6,13H2,1-2H3,(H,14,16). The van der Waals surface area contributed by atoms with Crippen LogP contribution in [0.3, 0.4) is 0 Å². The molecule has 1 amide bonds. The van der Waals surface area contributed by atoms with E-state index in [2.05, 4.69) is 5.32 Å². The van der Waals surface area contributed by atoms with Crippen LogP contribution in [0, 0.1) is 16.0 Å². The second-order valence-electron chi connectivity index (χ2n) is 4.11. The minimum Gasteiger partial charge on any atom is -0.494 e. The third kappa shape index (κ3) is 3.92. The number of ether oxygens (including phenoxy) is 1. The number of methoxy groups -OCH3 is 1. The van der Waals surface area contributed by atoms with Crippen molar-refractivity contribution in [2.75, 3.05) is 19.0 Å². The summed E-state index contributed by atoms with van der Waals surface area (Å²) < 4.78 is 5.03. The van der Waals surface area contributed by atoms with Crippen LogP contribution in [0.2, 0.25) is 0 Å². The number of amides is 1. The van der Waals surface area contributed by atoms with Crippen molar-refractivity contribution in [2.24, 2.45) is 11.7 Å². The van der Waals surface area contributed by atoms with Gasteiger partial charge in [0.05, 0.1) is 23.8 Å². The summed E-state index contributed by atoms with van der Waals surface area (Å²) in [7, 11) is 1.39. The zero-order valence-electron chi connectivity index (χ0n) is 10.9. The van der Waals surface area contributed by atoms with Crippen molar-refractivity contribution in [3.8, 4) is 5.75 Å². The molecular weight excluding hydrogens is 250 g/mol. The predicted molar refractivity (Wildman–Crippen MR) is 71.1 cm³/mol. The highest BCUT2D eigenvalue weighted by molar-refractivity contribution is 5.93. The van der Waals surface area contributed by atoms with Gasteiger partial charge in [0.2, 0.25) is 5.91 Å². The van der Waals surface area contributed by atoms with E-state index in [1.165, 1.54) is 25.3 Å². The highest BCUT2D eigenvalue weighted by atomic mass is 16.6. The van der Waals surface area contributed by atoms with E-state index in [-0.39, 0.29) is 23.3 Å². The van der Waals surface area contributed by atoms with Crippen LogP contribution >= 0.6 is 0 Å². The fraction of sp³-hybridized carbons (Fsp3) is 0.417. The molecule has 1 rings (SSSR count). The normalized spacial score (nSPS) is 11.7. The van der Waals surface area contributed by atoms with Crippen molar-refractivity contribution >= 4 is 17.3 Å². The van der Waals surface area contributed by atoms with E-state index >= 15 is 0 Å². The summed E-state index contributed by atoms with van der Waals surface area (Å²) in [4.78, 5) is 22.0. The van der Waals surface area contributed by atoms with E-state index in [0.29, 0.717) is 18.7 Å². The molecule has 0 aromatic heterocycles. The topological polar surface area (TPSA) is 107 Å². The number of benzene rings is 1. The van der Waals surface area contributed by atoms with Gasteiger partial charge >= 0.3 is 0 Å². The van der Waals surface area contributed by atoms with Crippen molar-refractivity contribution in [3.63, 3.8) is 0 Å². The van der Waals surface area contributed by atoms with Gasteiger partial charge in [-0.3, -0.25) is 14.9 Å². The largest absolute Gasteiger partial charge is 0.494 e. The molecule has 104 valence electrons.